The maximum Gasteiger partial charge on any atom is 0.348 e. The second-order valence-corrected chi connectivity index (χ2v) is 9.55. The highest BCUT2D eigenvalue weighted by atomic mass is 32.2. The predicted octanol–water partition coefficient (Wildman–Crippen LogP) is 4.74. The van der Waals surface area contributed by atoms with Crippen LogP contribution in [0.25, 0.3) is 10.9 Å². The quantitative estimate of drug-likeness (QED) is 0.226. The lowest BCUT2D eigenvalue weighted by Gasteiger charge is -2.14. The topological polar surface area (TPSA) is 111 Å². The van der Waals surface area contributed by atoms with Crippen molar-refractivity contribution in [1.82, 2.24) is 9.55 Å². The molecule has 2 aromatic heterocycles. The normalized spacial score (nSPS) is 10.9. The highest BCUT2D eigenvalue weighted by molar-refractivity contribution is 7.98. The van der Waals surface area contributed by atoms with E-state index < -0.39 is 5.97 Å². The van der Waals surface area contributed by atoms with E-state index in [1.165, 1.54) is 11.8 Å². The molecule has 2 aromatic carbocycles. The maximum absolute atomic E-state index is 13.4. The fourth-order valence-electron chi connectivity index (χ4n) is 3.52. The summed E-state index contributed by atoms with van der Waals surface area (Å²) in [6, 6.07) is 17.3. The molecule has 9 heteroatoms. The third kappa shape index (κ3) is 4.69. The van der Waals surface area contributed by atoms with Crippen LogP contribution in [-0.2, 0) is 17.0 Å². The number of ether oxygens (including phenoxy) is 1. The number of para-hydroxylation sites is 1. The summed E-state index contributed by atoms with van der Waals surface area (Å²) in [7, 11) is 0. The number of nitrogens with zero attached hydrogens (tertiary/aromatic N) is 3. The maximum atomic E-state index is 13.4. The van der Waals surface area contributed by atoms with E-state index in [1.807, 2.05) is 43.3 Å². The van der Waals surface area contributed by atoms with Crippen LogP contribution in [-0.4, -0.2) is 22.1 Å². The molecule has 0 aliphatic heterocycles. The molecule has 0 saturated heterocycles. The number of nitrogens with two attached hydrogens (primary N) is 1. The van der Waals surface area contributed by atoms with Gasteiger partial charge in [0.1, 0.15) is 15.9 Å². The third-order valence-electron chi connectivity index (χ3n) is 5.24. The molecule has 0 fully saturated rings. The molecule has 0 spiro atoms. The zero-order valence-electron chi connectivity index (χ0n) is 18.7. The molecular weight excluding hydrogens is 468 g/mol. The minimum Gasteiger partial charge on any atom is -0.462 e. The van der Waals surface area contributed by atoms with Gasteiger partial charge in [0.15, 0.2) is 5.16 Å². The SMILES string of the molecule is CCOC(=O)c1sc(N)c(C#N)c1CSc1nc2ccccc2c(=O)n1Cc1ccc(C)cc1. The molecule has 34 heavy (non-hydrogen) atoms. The summed E-state index contributed by atoms with van der Waals surface area (Å²) in [5.41, 5.74) is 9.30. The Labute approximate surface area is 204 Å². The van der Waals surface area contributed by atoms with Crippen molar-refractivity contribution in [2.45, 2.75) is 31.3 Å². The predicted molar refractivity (Wildman–Crippen MR) is 135 cm³/mol. The van der Waals surface area contributed by atoms with Crippen molar-refractivity contribution in [2.24, 2.45) is 0 Å². The van der Waals surface area contributed by atoms with E-state index in [0.29, 0.717) is 33.0 Å². The number of nitrogen functional groups attached to an aromatic ring is 1. The fourth-order valence-corrected chi connectivity index (χ4v) is 5.57. The molecule has 4 rings (SSSR count). The Morgan fingerprint density at radius 3 is 2.68 bits per heavy atom. The second kappa shape index (κ2) is 10.1. The summed E-state index contributed by atoms with van der Waals surface area (Å²) in [6.45, 7) is 4.29. The molecule has 0 saturated carbocycles. The van der Waals surface area contributed by atoms with Crippen LogP contribution in [0.3, 0.4) is 0 Å². The van der Waals surface area contributed by atoms with Gasteiger partial charge in [-0.1, -0.05) is 53.7 Å². The summed E-state index contributed by atoms with van der Waals surface area (Å²) in [5, 5.41) is 10.9. The first-order valence-electron chi connectivity index (χ1n) is 10.6. The van der Waals surface area contributed by atoms with Crippen molar-refractivity contribution in [2.75, 3.05) is 12.3 Å². The molecule has 0 aliphatic rings. The number of fused-ring (bicyclic) bond motifs is 1. The Bertz CT molecular complexity index is 1470. The number of carbonyl (C=O) groups excluding carboxylic acids is 1. The number of hydrogen-bond acceptors (Lipinski definition) is 8. The summed E-state index contributed by atoms with van der Waals surface area (Å²) in [6.07, 6.45) is 0. The summed E-state index contributed by atoms with van der Waals surface area (Å²) in [5.74, 6) is -0.275. The average Bonchev–Trinajstić information content (AvgIpc) is 3.16. The lowest BCUT2D eigenvalue weighted by Crippen LogP contribution is -2.24. The Kier molecular flexibility index (Phi) is 7.01. The van der Waals surface area contributed by atoms with Crippen LogP contribution in [0.5, 0.6) is 0 Å². The van der Waals surface area contributed by atoms with E-state index in [1.54, 1.807) is 23.6 Å². The van der Waals surface area contributed by atoms with Gasteiger partial charge in [0.25, 0.3) is 5.56 Å². The molecule has 7 nitrogen and oxygen atoms in total. The second-order valence-electron chi connectivity index (χ2n) is 7.56. The number of thioether (sulfide) groups is 1. The Hall–Kier alpha value is -3.61. The minimum atomic E-state index is -0.514. The molecule has 0 radical (unpaired) electrons. The van der Waals surface area contributed by atoms with Crippen LogP contribution >= 0.6 is 23.1 Å². The number of esters is 1. The Morgan fingerprint density at radius 1 is 1.24 bits per heavy atom. The van der Waals surface area contributed by atoms with E-state index in [4.69, 9.17) is 15.5 Å². The number of benzene rings is 2. The molecule has 4 aromatic rings. The van der Waals surface area contributed by atoms with Crippen LogP contribution < -0.4 is 11.3 Å². The highest BCUT2D eigenvalue weighted by Crippen LogP contribution is 2.35. The third-order valence-corrected chi connectivity index (χ3v) is 7.28. The Morgan fingerprint density at radius 2 is 1.97 bits per heavy atom. The molecule has 172 valence electrons. The zero-order chi connectivity index (χ0) is 24.2. The van der Waals surface area contributed by atoms with E-state index in [9.17, 15) is 14.9 Å². The first kappa shape index (κ1) is 23.5. The van der Waals surface area contributed by atoms with Crippen molar-refractivity contribution in [3.63, 3.8) is 0 Å². The molecule has 0 amide bonds. The van der Waals surface area contributed by atoms with Crippen LogP contribution in [0.4, 0.5) is 5.00 Å². The molecule has 0 aliphatic carbocycles. The number of anilines is 1. The first-order chi connectivity index (χ1) is 16.4. The smallest absolute Gasteiger partial charge is 0.348 e. The van der Waals surface area contributed by atoms with Crippen molar-refractivity contribution in [3.8, 4) is 6.07 Å². The highest BCUT2D eigenvalue weighted by Gasteiger charge is 2.24. The van der Waals surface area contributed by atoms with Crippen LogP contribution in [0.1, 0.15) is 38.8 Å². The van der Waals surface area contributed by atoms with Gasteiger partial charge in [0.2, 0.25) is 0 Å². The number of aryl methyl sites for hydroxylation is 1. The molecule has 0 bridgehead atoms. The lowest BCUT2D eigenvalue weighted by molar-refractivity contribution is 0.0531. The minimum absolute atomic E-state index is 0.148. The van der Waals surface area contributed by atoms with Crippen molar-refractivity contribution < 1.29 is 9.53 Å². The van der Waals surface area contributed by atoms with Crippen LogP contribution in [0, 0.1) is 18.3 Å². The average molecular weight is 491 g/mol. The number of nitriles is 1. The van der Waals surface area contributed by atoms with Crippen LogP contribution in [0.15, 0.2) is 58.5 Å². The van der Waals surface area contributed by atoms with E-state index >= 15 is 0 Å². The fraction of sp³-hybridized carbons (Fsp3) is 0.200. The summed E-state index contributed by atoms with van der Waals surface area (Å²) in [4.78, 5) is 30.9. The van der Waals surface area contributed by atoms with Crippen molar-refractivity contribution >= 4 is 45.0 Å². The largest absolute Gasteiger partial charge is 0.462 e. The monoisotopic (exact) mass is 490 g/mol. The van der Waals surface area contributed by atoms with Crippen molar-refractivity contribution in [1.29, 1.82) is 5.26 Å². The van der Waals surface area contributed by atoms with Crippen LogP contribution in [0.2, 0.25) is 0 Å². The zero-order valence-corrected chi connectivity index (χ0v) is 20.3. The van der Waals surface area contributed by atoms with Gasteiger partial charge in [0, 0.05) is 11.3 Å². The van der Waals surface area contributed by atoms with Gasteiger partial charge >= 0.3 is 5.97 Å². The van der Waals surface area contributed by atoms with Gasteiger partial charge < -0.3 is 10.5 Å². The van der Waals surface area contributed by atoms with Crippen molar-refractivity contribution in [3.05, 3.63) is 86.0 Å². The van der Waals surface area contributed by atoms with Gasteiger partial charge in [-0.25, -0.2) is 9.78 Å². The molecule has 2 N–H and O–H groups in total. The first-order valence-corrected chi connectivity index (χ1v) is 12.4. The number of rotatable bonds is 7. The number of carbonyl (C=O) groups is 1. The van der Waals surface area contributed by atoms with E-state index in [-0.39, 0.29) is 28.5 Å². The molecular formula is C25H22N4O3S2. The van der Waals surface area contributed by atoms with E-state index in [0.717, 1.165) is 22.5 Å². The molecule has 0 atom stereocenters. The molecule has 2 heterocycles. The number of aromatic nitrogens is 2. The summed E-state index contributed by atoms with van der Waals surface area (Å²) < 4.78 is 6.78. The lowest BCUT2D eigenvalue weighted by atomic mass is 10.1. The van der Waals surface area contributed by atoms with Gasteiger partial charge in [-0.3, -0.25) is 9.36 Å². The van der Waals surface area contributed by atoms with Gasteiger partial charge in [-0.2, -0.15) is 5.26 Å². The number of thiophene rings is 1. The van der Waals surface area contributed by atoms with Gasteiger partial charge in [-0.05, 0) is 31.5 Å². The van der Waals surface area contributed by atoms with Gasteiger partial charge in [0.05, 0.1) is 29.6 Å². The summed E-state index contributed by atoms with van der Waals surface area (Å²) >= 11 is 2.33. The standard InChI is InChI=1S/C25H22N4O3S2/c1-3-32-24(31)21-19(18(12-26)22(27)34-21)14-33-25-28-20-7-5-4-6-17(20)23(30)29(25)13-16-10-8-15(2)9-11-16/h4-11H,3,13-14,27H2,1-2H3. The number of hydrogen-bond donors (Lipinski definition) is 1. The Balaban J connectivity index is 1.76. The van der Waals surface area contributed by atoms with E-state index in [2.05, 4.69) is 6.07 Å². The van der Waals surface area contributed by atoms with Gasteiger partial charge in [-0.15, -0.1) is 11.3 Å². The molecule has 0 unspecified atom stereocenters.